The molecule has 0 aliphatic rings. The first-order valence-electron chi connectivity index (χ1n) is 6.99. The van der Waals surface area contributed by atoms with E-state index in [-0.39, 0.29) is 5.41 Å². The van der Waals surface area contributed by atoms with Crippen molar-refractivity contribution in [3.63, 3.8) is 0 Å². The normalized spacial score (nSPS) is 9.56. The highest BCUT2D eigenvalue weighted by molar-refractivity contribution is 5.33. The van der Waals surface area contributed by atoms with Crippen molar-refractivity contribution >= 4 is 0 Å². The molecule has 1 rings (SSSR count). The van der Waals surface area contributed by atoms with E-state index in [9.17, 15) is 0 Å². The van der Waals surface area contributed by atoms with Gasteiger partial charge < -0.3 is 0 Å². The van der Waals surface area contributed by atoms with Crippen LogP contribution >= 0.6 is 0 Å². The number of nitriles is 1. The number of nitrogens with zero attached hydrogens (tertiary/aromatic N) is 1. The van der Waals surface area contributed by atoms with E-state index in [1.54, 1.807) is 0 Å². The molecular formula is C17H29N. The maximum atomic E-state index is 8.98. The van der Waals surface area contributed by atoms with Gasteiger partial charge in [-0.3, -0.25) is 0 Å². The standard InChI is InChI=1S/C13H17N.2C2H6/c1-10(2)11-5-7-12(8-6-11)13(3,4)9-14;2*1-2/h5-8,10H,1-4H3;2*1-2H3. The molecule has 1 aromatic rings. The van der Waals surface area contributed by atoms with Crippen LogP contribution in [0, 0.1) is 11.3 Å². The van der Waals surface area contributed by atoms with Gasteiger partial charge in [-0.2, -0.15) is 5.26 Å². The lowest BCUT2D eigenvalue weighted by molar-refractivity contribution is 0.685. The molecule has 1 nitrogen and oxygen atoms in total. The summed E-state index contributed by atoms with van der Waals surface area (Å²) in [6, 6.07) is 10.6. The zero-order valence-corrected chi connectivity index (χ0v) is 13.3. The highest BCUT2D eigenvalue weighted by atomic mass is 14.3. The quantitative estimate of drug-likeness (QED) is 0.661. The zero-order valence-electron chi connectivity index (χ0n) is 13.3. The molecule has 0 radical (unpaired) electrons. The van der Waals surface area contributed by atoms with Gasteiger partial charge in [0.05, 0.1) is 11.5 Å². The van der Waals surface area contributed by atoms with Gasteiger partial charge in [-0.05, 0) is 30.9 Å². The van der Waals surface area contributed by atoms with E-state index < -0.39 is 0 Å². The molecule has 18 heavy (non-hydrogen) atoms. The molecule has 0 saturated carbocycles. The Labute approximate surface area is 114 Å². The molecule has 1 aromatic carbocycles. The summed E-state index contributed by atoms with van der Waals surface area (Å²) in [5, 5.41) is 8.98. The van der Waals surface area contributed by atoms with Gasteiger partial charge in [0, 0.05) is 0 Å². The van der Waals surface area contributed by atoms with Gasteiger partial charge in [0.25, 0.3) is 0 Å². The van der Waals surface area contributed by atoms with Crippen molar-refractivity contribution in [1.82, 2.24) is 0 Å². The maximum absolute atomic E-state index is 8.98. The summed E-state index contributed by atoms with van der Waals surface area (Å²) >= 11 is 0. The van der Waals surface area contributed by atoms with Crippen LogP contribution in [0.1, 0.15) is 72.4 Å². The van der Waals surface area contributed by atoms with Crippen molar-refractivity contribution in [1.29, 1.82) is 5.26 Å². The first kappa shape index (κ1) is 19.1. The van der Waals surface area contributed by atoms with Crippen LogP contribution in [0.4, 0.5) is 0 Å². The molecule has 0 saturated heterocycles. The smallest absolute Gasteiger partial charge is 0.0766 e. The second-order valence-electron chi connectivity index (χ2n) is 4.51. The van der Waals surface area contributed by atoms with Crippen molar-refractivity contribution in [2.45, 2.75) is 66.7 Å². The molecule has 0 fully saturated rings. The number of hydrogen-bond acceptors (Lipinski definition) is 1. The number of rotatable bonds is 2. The van der Waals surface area contributed by atoms with Crippen LogP contribution in [-0.4, -0.2) is 0 Å². The summed E-state index contributed by atoms with van der Waals surface area (Å²) in [7, 11) is 0. The van der Waals surface area contributed by atoms with E-state index >= 15 is 0 Å². The Hall–Kier alpha value is -1.29. The largest absolute Gasteiger partial charge is 0.197 e. The summed E-state index contributed by atoms with van der Waals surface area (Å²) in [5.74, 6) is 0.550. The molecule has 0 spiro atoms. The number of benzene rings is 1. The Bertz CT molecular complexity index is 339. The SMILES string of the molecule is CC.CC.CC(C)c1ccc(C(C)(C)C#N)cc1. The fraction of sp³-hybridized carbons (Fsp3) is 0.588. The van der Waals surface area contributed by atoms with Crippen LogP contribution in [0.3, 0.4) is 0 Å². The third-order valence-corrected chi connectivity index (χ3v) is 2.58. The molecule has 1 heteroatoms. The van der Waals surface area contributed by atoms with Crippen LogP contribution in [0.5, 0.6) is 0 Å². The average molecular weight is 247 g/mol. The third-order valence-electron chi connectivity index (χ3n) is 2.58. The van der Waals surface area contributed by atoms with Crippen LogP contribution in [0.2, 0.25) is 0 Å². The van der Waals surface area contributed by atoms with Crippen molar-refractivity contribution < 1.29 is 0 Å². The van der Waals surface area contributed by atoms with Gasteiger partial charge in [0.1, 0.15) is 0 Å². The third kappa shape index (κ3) is 5.87. The lowest BCUT2D eigenvalue weighted by atomic mass is 9.85. The second-order valence-corrected chi connectivity index (χ2v) is 4.51. The lowest BCUT2D eigenvalue weighted by Gasteiger charge is -2.16. The van der Waals surface area contributed by atoms with Crippen molar-refractivity contribution in [2.24, 2.45) is 0 Å². The Morgan fingerprint density at radius 2 is 1.33 bits per heavy atom. The molecular weight excluding hydrogens is 218 g/mol. The minimum absolute atomic E-state index is 0.379. The monoisotopic (exact) mass is 247 g/mol. The highest BCUT2D eigenvalue weighted by Gasteiger charge is 2.19. The Kier molecular flexibility index (Phi) is 10.3. The maximum Gasteiger partial charge on any atom is 0.0766 e. The first-order chi connectivity index (χ1) is 8.47. The van der Waals surface area contributed by atoms with E-state index in [1.807, 2.05) is 41.5 Å². The predicted molar refractivity (Wildman–Crippen MR) is 81.9 cm³/mol. The van der Waals surface area contributed by atoms with Crippen molar-refractivity contribution in [3.05, 3.63) is 35.4 Å². The Morgan fingerprint density at radius 3 is 1.61 bits per heavy atom. The first-order valence-corrected chi connectivity index (χ1v) is 6.99. The zero-order chi connectivity index (χ0) is 14.8. The molecule has 0 N–H and O–H groups in total. The van der Waals surface area contributed by atoms with Gasteiger partial charge in [0.15, 0.2) is 0 Å². The van der Waals surface area contributed by atoms with Crippen molar-refractivity contribution in [3.8, 4) is 6.07 Å². The fourth-order valence-electron chi connectivity index (χ4n) is 1.35. The lowest BCUT2D eigenvalue weighted by Crippen LogP contribution is -2.13. The molecule has 0 atom stereocenters. The second kappa shape index (κ2) is 9.71. The van der Waals surface area contributed by atoms with Gasteiger partial charge in [-0.1, -0.05) is 65.8 Å². The molecule has 0 aliphatic heterocycles. The topological polar surface area (TPSA) is 23.8 Å². The van der Waals surface area contributed by atoms with Gasteiger partial charge in [0.2, 0.25) is 0 Å². The molecule has 0 bridgehead atoms. The Balaban J connectivity index is 0. The van der Waals surface area contributed by atoms with E-state index in [1.165, 1.54) is 5.56 Å². The summed E-state index contributed by atoms with van der Waals surface area (Å²) in [4.78, 5) is 0. The molecule has 0 aromatic heterocycles. The van der Waals surface area contributed by atoms with Crippen LogP contribution in [-0.2, 0) is 5.41 Å². The van der Waals surface area contributed by atoms with Crippen LogP contribution < -0.4 is 0 Å². The van der Waals surface area contributed by atoms with E-state index in [0.29, 0.717) is 5.92 Å². The average Bonchev–Trinajstić information content (AvgIpc) is 2.43. The van der Waals surface area contributed by atoms with E-state index in [4.69, 9.17) is 5.26 Å². The summed E-state index contributed by atoms with van der Waals surface area (Å²) in [5.41, 5.74) is 2.03. The summed E-state index contributed by atoms with van der Waals surface area (Å²) < 4.78 is 0. The van der Waals surface area contributed by atoms with Gasteiger partial charge in [-0.25, -0.2) is 0 Å². The van der Waals surface area contributed by atoms with Gasteiger partial charge >= 0.3 is 0 Å². The summed E-state index contributed by atoms with van der Waals surface area (Å²) in [6.45, 7) is 16.2. The minimum Gasteiger partial charge on any atom is -0.197 e. The minimum atomic E-state index is -0.379. The van der Waals surface area contributed by atoms with Crippen molar-refractivity contribution in [2.75, 3.05) is 0 Å². The molecule has 102 valence electrons. The predicted octanol–water partition coefficient (Wildman–Crippen LogP) is 5.66. The highest BCUT2D eigenvalue weighted by Crippen LogP contribution is 2.24. The Morgan fingerprint density at radius 1 is 0.944 bits per heavy atom. The van der Waals surface area contributed by atoms with Crippen LogP contribution in [0.25, 0.3) is 0 Å². The fourth-order valence-corrected chi connectivity index (χ4v) is 1.35. The van der Waals surface area contributed by atoms with Gasteiger partial charge in [-0.15, -0.1) is 0 Å². The van der Waals surface area contributed by atoms with E-state index in [0.717, 1.165) is 5.56 Å². The number of hydrogen-bond donors (Lipinski definition) is 0. The molecule has 0 aliphatic carbocycles. The molecule has 0 amide bonds. The van der Waals surface area contributed by atoms with Crippen LogP contribution in [0.15, 0.2) is 24.3 Å². The summed E-state index contributed by atoms with van der Waals surface area (Å²) in [6.07, 6.45) is 0. The molecule has 0 unspecified atom stereocenters. The molecule has 0 heterocycles. The van der Waals surface area contributed by atoms with E-state index in [2.05, 4.69) is 44.2 Å².